The Morgan fingerprint density at radius 3 is 2.80 bits per heavy atom. The van der Waals surface area contributed by atoms with Gasteiger partial charge in [0.25, 0.3) is 0 Å². The van der Waals surface area contributed by atoms with Gasteiger partial charge >= 0.3 is 0 Å². The second-order valence-electron chi connectivity index (χ2n) is 6.77. The van der Waals surface area contributed by atoms with E-state index < -0.39 is 15.8 Å². The molecular weight excluding hydrogens is 345 g/mol. The van der Waals surface area contributed by atoms with Crippen LogP contribution in [0.4, 0.5) is 4.39 Å². The predicted molar refractivity (Wildman–Crippen MR) is 89.8 cm³/mol. The molecule has 0 radical (unpaired) electrons. The molecule has 0 bridgehead atoms. The van der Waals surface area contributed by atoms with Gasteiger partial charge in [-0.05, 0) is 44.0 Å². The van der Waals surface area contributed by atoms with Gasteiger partial charge in [-0.1, -0.05) is 0 Å². The molecule has 8 heteroatoms. The van der Waals surface area contributed by atoms with Crippen molar-refractivity contribution in [3.05, 3.63) is 29.6 Å². The van der Waals surface area contributed by atoms with Crippen molar-refractivity contribution in [3.63, 3.8) is 0 Å². The molecule has 1 aromatic carbocycles. The largest absolute Gasteiger partial charge is 0.374 e. The molecule has 0 amide bonds. The van der Waals surface area contributed by atoms with E-state index in [0.29, 0.717) is 25.6 Å². The summed E-state index contributed by atoms with van der Waals surface area (Å²) in [6, 6.07) is 5.06. The van der Waals surface area contributed by atoms with Crippen molar-refractivity contribution < 1.29 is 17.5 Å². The van der Waals surface area contributed by atoms with Crippen LogP contribution in [0.25, 0.3) is 0 Å². The van der Waals surface area contributed by atoms with Gasteiger partial charge in [-0.2, -0.15) is 9.57 Å². The van der Waals surface area contributed by atoms with Gasteiger partial charge < -0.3 is 9.64 Å². The second-order valence-corrected chi connectivity index (χ2v) is 8.71. The maximum absolute atomic E-state index is 13.5. The average Bonchev–Trinajstić information content (AvgIpc) is 3.38. The summed E-state index contributed by atoms with van der Waals surface area (Å²) in [6.07, 6.45) is 1.84. The smallest absolute Gasteiger partial charge is 0.243 e. The minimum Gasteiger partial charge on any atom is -0.374 e. The van der Waals surface area contributed by atoms with Crippen LogP contribution in [0.1, 0.15) is 18.4 Å². The van der Waals surface area contributed by atoms with Gasteiger partial charge in [-0.25, -0.2) is 12.8 Å². The van der Waals surface area contributed by atoms with E-state index in [4.69, 9.17) is 10.00 Å². The quantitative estimate of drug-likeness (QED) is 0.760. The second kappa shape index (κ2) is 7.38. The number of morpholine rings is 1. The molecule has 3 rings (SSSR count). The van der Waals surface area contributed by atoms with Crippen molar-refractivity contribution in [2.75, 3.05) is 39.8 Å². The third-order valence-electron chi connectivity index (χ3n) is 4.60. The van der Waals surface area contributed by atoms with E-state index in [0.717, 1.165) is 31.5 Å². The molecule has 25 heavy (non-hydrogen) atoms. The number of halogens is 1. The Hall–Kier alpha value is -1.53. The fourth-order valence-electron chi connectivity index (χ4n) is 2.96. The zero-order valence-corrected chi connectivity index (χ0v) is 15.0. The topological polar surface area (TPSA) is 73.6 Å². The molecule has 0 N–H and O–H groups in total. The summed E-state index contributed by atoms with van der Waals surface area (Å²) in [5.74, 6) is -0.348. The number of rotatable bonds is 6. The molecule has 0 aromatic heterocycles. The van der Waals surface area contributed by atoms with Gasteiger partial charge in [-0.15, -0.1) is 0 Å². The Bertz CT molecular complexity index is 774. The van der Waals surface area contributed by atoms with E-state index in [2.05, 4.69) is 4.90 Å². The van der Waals surface area contributed by atoms with E-state index >= 15 is 0 Å². The van der Waals surface area contributed by atoms with Crippen LogP contribution in [-0.4, -0.2) is 63.6 Å². The van der Waals surface area contributed by atoms with E-state index in [-0.39, 0.29) is 23.1 Å². The van der Waals surface area contributed by atoms with Gasteiger partial charge in [0.2, 0.25) is 10.0 Å². The van der Waals surface area contributed by atoms with Gasteiger partial charge in [0.1, 0.15) is 11.9 Å². The van der Waals surface area contributed by atoms with Crippen LogP contribution in [0.3, 0.4) is 0 Å². The van der Waals surface area contributed by atoms with E-state index in [1.54, 1.807) is 6.07 Å². The molecule has 1 heterocycles. The number of likely N-dealkylation sites (N-methyl/N-ethyl adjacent to an activating group) is 1. The number of hydrogen-bond acceptors (Lipinski definition) is 5. The first-order chi connectivity index (χ1) is 11.9. The molecule has 6 nitrogen and oxygen atoms in total. The minimum atomic E-state index is -3.81. The first-order valence-electron chi connectivity index (χ1n) is 8.40. The van der Waals surface area contributed by atoms with E-state index in [1.807, 2.05) is 7.05 Å². The molecule has 1 saturated heterocycles. The van der Waals surface area contributed by atoms with Crippen molar-refractivity contribution in [2.45, 2.75) is 23.8 Å². The lowest BCUT2D eigenvalue weighted by molar-refractivity contribution is -0.0268. The first kappa shape index (κ1) is 18.3. The Labute approximate surface area is 147 Å². The zero-order chi connectivity index (χ0) is 18.0. The highest BCUT2D eigenvalue weighted by atomic mass is 32.2. The molecule has 2 aliphatic rings. The highest BCUT2D eigenvalue weighted by Gasteiger charge is 2.34. The van der Waals surface area contributed by atoms with Crippen molar-refractivity contribution in [1.29, 1.82) is 5.26 Å². The maximum atomic E-state index is 13.5. The fraction of sp³-hybridized carbons (Fsp3) is 0.588. The van der Waals surface area contributed by atoms with E-state index in [9.17, 15) is 12.8 Å². The number of hydrogen-bond donors (Lipinski definition) is 0. The van der Waals surface area contributed by atoms with Crippen molar-refractivity contribution >= 4 is 10.0 Å². The molecular formula is C17H22FN3O3S. The monoisotopic (exact) mass is 367 g/mol. The molecule has 1 atom stereocenters. The number of nitrogens with zero attached hydrogens (tertiary/aromatic N) is 3. The average molecular weight is 367 g/mol. The van der Waals surface area contributed by atoms with Gasteiger partial charge in [0.05, 0.1) is 23.2 Å². The normalized spacial score (nSPS) is 22.1. The molecule has 136 valence electrons. The predicted octanol–water partition coefficient (Wildman–Crippen LogP) is 1.43. The highest BCUT2D eigenvalue weighted by molar-refractivity contribution is 7.89. The van der Waals surface area contributed by atoms with Crippen LogP contribution in [-0.2, 0) is 14.8 Å². The van der Waals surface area contributed by atoms with Crippen LogP contribution < -0.4 is 0 Å². The van der Waals surface area contributed by atoms with Crippen LogP contribution in [0.15, 0.2) is 23.1 Å². The van der Waals surface area contributed by atoms with Crippen LogP contribution in [0.2, 0.25) is 0 Å². The SMILES string of the molecule is CN1CCOC(CN(CC2CC2)S(=O)(=O)c2ccc(F)c(C#N)c2)C1. The van der Waals surface area contributed by atoms with Crippen molar-refractivity contribution in [2.24, 2.45) is 5.92 Å². The Morgan fingerprint density at radius 2 is 2.16 bits per heavy atom. The minimum absolute atomic E-state index is 0.0461. The summed E-state index contributed by atoms with van der Waals surface area (Å²) in [6.45, 7) is 2.78. The first-order valence-corrected chi connectivity index (χ1v) is 9.84. The Kier molecular flexibility index (Phi) is 5.39. The molecule has 1 aliphatic heterocycles. The number of sulfonamides is 1. The lowest BCUT2D eigenvalue weighted by Gasteiger charge is -2.33. The Balaban J connectivity index is 1.84. The van der Waals surface area contributed by atoms with Gasteiger partial charge in [0, 0.05) is 26.2 Å². The fourth-order valence-corrected chi connectivity index (χ4v) is 4.54. The number of ether oxygens (including phenoxy) is 1. The summed E-state index contributed by atoms with van der Waals surface area (Å²) in [5.41, 5.74) is -0.263. The molecule has 1 aliphatic carbocycles. The van der Waals surface area contributed by atoms with Crippen LogP contribution in [0, 0.1) is 23.1 Å². The molecule has 1 saturated carbocycles. The van der Waals surface area contributed by atoms with Crippen molar-refractivity contribution in [3.8, 4) is 6.07 Å². The molecule has 1 aromatic rings. The molecule has 1 unspecified atom stereocenters. The summed E-state index contributed by atoms with van der Waals surface area (Å²) >= 11 is 0. The standard InChI is InChI=1S/C17H22FN3O3S/c1-20-6-7-24-15(11-20)12-21(10-13-2-3-13)25(22,23)16-4-5-17(18)14(8-16)9-19/h4-5,8,13,15H,2-3,6-7,10-12H2,1H3. The van der Waals surface area contributed by atoms with Gasteiger partial charge in [0.15, 0.2) is 0 Å². The zero-order valence-electron chi connectivity index (χ0n) is 14.2. The third-order valence-corrected chi connectivity index (χ3v) is 6.43. The van der Waals surface area contributed by atoms with Gasteiger partial charge in [-0.3, -0.25) is 0 Å². The summed E-state index contributed by atoms with van der Waals surface area (Å²) in [7, 11) is -1.82. The Morgan fingerprint density at radius 1 is 1.40 bits per heavy atom. The molecule has 0 spiro atoms. The van der Waals surface area contributed by atoms with Crippen LogP contribution >= 0.6 is 0 Å². The summed E-state index contributed by atoms with van der Waals surface area (Å²) in [4.78, 5) is 2.07. The summed E-state index contributed by atoms with van der Waals surface area (Å²) < 4.78 is 46.8. The lowest BCUT2D eigenvalue weighted by Crippen LogP contribution is -2.48. The third kappa shape index (κ3) is 4.36. The van der Waals surface area contributed by atoms with Crippen LogP contribution in [0.5, 0.6) is 0 Å². The maximum Gasteiger partial charge on any atom is 0.243 e. The highest BCUT2D eigenvalue weighted by Crippen LogP contribution is 2.32. The molecule has 2 fully saturated rings. The lowest BCUT2D eigenvalue weighted by atomic mass is 10.2. The van der Waals surface area contributed by atoms with Crippen molar-refractivity contribution in [1.82, 2.24) is 9.21 Å². The number of benzene rings is 1. The number of nitriles is 1. The summed E-state index contributed by atoms with van der Waals surface area (Å²) in [5, 5.41) is 8.97. The van der Waals surface area contributed by atoms with E-state index in [1.165, 1.54) is 10.4 Å².